The Kier molecular flexibility index (Phi) is 10.1. The Hall–Kier alpha value is -0.280. The molecule has 0 unspecified atom stereocenters. The molecule has 0 saturated carbocycles. The quantitative estimate of drug-likeness (QED) is 0.447. The van der Waals surface area contributed by atoms with E-state index in [4.69, 9.17) is 0 Å². The van der Waals surface area contributed by atoms with E-state index in [-0.39, 0.29) is 5.12 Å². The van der Waals surface area contributed by atoms with Gasteiger partial charge in [-0.3, -0.25) is 4.79 Å². The van der Waals surface area contributed by atoms with Gasteiger partial charge in [-0.2, -0.15) is 0 Å². The van der Waals surface area contributed by atoms with Crippen LogP contribution in [0.3, 0.4) is 0 Å². The maximum Gasteiger partial charge on any atom is 0.219 e. The number of hydrogen-bond acceptors (Lipinski definition) is 2. The molecule has 112 valence electrons. The molecule has 20 heavy (non-hydrogen) atoms. The summed E-state index contributed by atoms with van der Waals surface area (Å²) in [6, 6.07) is 7.61. The molecule has 3 heteroatoms. The maximum absolute atomic E-state index is 11.9. The first-order chi connectivity index (χ1) is 9.74. The molecule has 0 radical (unpaired) electrons. The van der Waals surface area contributed by atoms with E-state index < -0.39 is 0 Å². The van der Waals surface area contributed by atoms with Gasteiger partial charge in [0.15, 0.2) is 0 Å². The third kappa shape index (κ3) is 8.11. The first-order valence-electron chi connectivity index (χ1n) is 7.66. The van der Waals surface area contributed by atoms with E-state index >= 15 is 0 Å². The third-order valence-electron chi connectivity index (χ3n) is 3.31. The summed E-state index contributed by atoms with van der Waals surface area (Å²) < 4.78 is 1.02. The van der Waals surface area contributed by atoms with E-state index in [1.165, 1.54) is 56.7 Å². The summed E-state index contributed by atoms with van der Waals surface area (Å²) in [4.78, 5) is 11.9. The highest BCUT2D eigenvalue weighted by Gasteiger charge is 2.05. The summed E-state index contributed by atoms with van der Waals surface area (Å²) in [5.74, 6) is 0.948. The minimum atomic E-state index is 0.195. The summed E-state index contributed by atoms with van der Waals surface area (Å²) in [6.45, 7) is 2.25. The number of hydrogen-bond donors (Lipinski definition) is 0. The zero-order valence-corrected chi connectivity index (χ0v) is 14.8. The molecule has 0 amide bonds. The van der Waals surface area contributed by atoms with Crippen molar-refractivity contribution in [3.63, 3.8) is 0 Å². The smallest absolute Gasteiger partial charge is 0.219 e. The topological polar surface area (TPSA) is 17.1 Å². The molecule has 0 aliphatic carbocycles. The number of carbonyl (C=O) groups is 1. The van der Waals surface area contributed by atoms with Crippen molar-refractivity contribution in [2.24, 2.45) is 0 Å². The Labute approximate surface area is 136 Å². The molecule has 1 nitrogen and oxygen atoms in total. The monoisotopic (exact) mass is 356 g/mol. The second kappa shape index (κ2) is 11.4. The van der Waals surface area contributed by atoms with Crippen LogP contribution in [0, 0.1) is 0 Å². The van der Waals surface area contributed by atoms with E-state index in [1.54, 1.807) is 0 Å². The predicted molar refractivity (Wildman–Crippen MR) is 93.5 cm³/mol. The van der Waals surface area contributed by atoms with Crippen molar-refractivity contribution >= 4 is 32.8 Å². The lowest BCUT2D eigenvalue weighted by atomic mass is 10.1. The summed E-state index contributed by atoms with van der Waals surface area (Å²) in [5.41, 5.74) is 0.803. The molecule has 1 rings (SSSR count). The first kappa shape index (κ1) is 17.8. The lowest BCUT2D eigenvalue weighted by Crippen LogP contribution is -1.94. The second-order valence-corrected chi connectivity index (χ2v) is 7.10. The van der Waals surface area contributed by atoms with E-state index in [1.807, 2.05) is 24.3 Å². The molecule has 0 aromatic heterocycles. The lowest BCUT2D eigenvalue weighted by molar-refractivity contribution is 0.108. The molecule has 0 aliphatic heterocycles. The number of rotatable bonds is 10. The zero-order valence-electron chi connectivity index (χ0n) is 12.4. The van der Waals surface area contributed by atoms with Gasteiger partial charge in [-0.25, -0.2) is 0 Å². The van der Waals surface area contributed by atoms with Crippen LogP contribution in [0.5, 0.6) is 0 Å². The Morgan fingerprint density at radius 3 is 2.10 bits per heavy atom. The molecule has 0 spiro atoms. The lowest BCUT2D eigenvalue weighted by Gasteiger charge is -2.02. The molecule has 0 aliphatic rings. The summed E-state index contributed by atoms with van der Waals surface area (Å²) in [5, 5.41) is 0.195. The molecule has 0 fully saturated rings. The Bertz CT molecular complexity index is 375. The van der Waals surface area contributed by atoms with E-state index in [0.29, 0.717) is 0 Å². The van der Waals surface area contributed by atoms with Gasteiger partial charge < -0.3 is 0 Å². The fraction of sp³-hybridized carbons (Fsp3) is 0.588. The van der Waals surface area contributed by atoms with Crippen molar-refractivity contribution in [1.29, 1.82) is 0 Å². The van der Waals surface area contributed by atoms with Gasteiger partial charge in [-0.15, -0.1) is 0 Å². The average Bonchev–Trinajstić information content (AvgIpc) is 2.46. The summed E-state index contributed by atoms with van der Waals surface area (Å²) in [7, 11) is 0. The zero-order chi connectivity index (χ0) is 14.6. The highest BCUT2D eigenvalue weighted by molar-refractivity contribution is 9.10. The van der Waals surface area contributed by atoms with E-state index in [2.05, 4.69) is 22.9 Å². The van der Waals surface area contributed by atoms with Crippen LogP contribution in [0.1, 0.15) is 68.6 Å². The van der Waals surface area contributed by atoms with Crippen LogP contribution in [-0.4, -0.2) is 10.9 Å². The summed E-state index contributed by atoms with van der Waals surface area (Å²) in [6.07, 6.45) is 10.5. The van der Waals surface area contributed by atoms with Gasteiger partial charge in [0.2, 0.25) is 5.12 Å². The second-order valence-electron chi connectivity index (χ2n) is 5.12. The average molecular weight is 357 g/mol. The minimum Gasteiger partial charge on any atom is -0.282 e. The highest BCUT2D eigenvalue weighted by Crippen LogP contribution is 2.18. The van der Waals surface area contributed by atoms with Crippen LogP contribution >= 0.6 is 27.7 Å². The van der Waals surface area contributed by atoms with E-state index in [0.717, 1.165) is 22.2 Å². The molecular weight excluding hydrogens is 332 g/mol. The van der Waals surface area contributed by atoms with Crippen LogP contribution in [-0.2, 0) is 0 Å². The van der Waals surface area contributed by atoms with Crippen LogP contribution in [0.4, 0.5) is 0 Å². The summed E-state index contributed by atoms with van der Waals surface area (Å²) >= 11 is 4.83. The maximum atomic E-state index is 11.9. The van der Waals surface area contributed by atoms with Gasteiger partial charge >= 0.3 is 0 Å². The van der Waals surface area contributed by atoms with Gasteiger partial charge in [-0.05, 0) is 30.7 Å². The molecule has 0 heterocycles. The van der Waals surface area contributed by atoms with Crippen molar-refractivity contribution in [1.82, 2.24) is 0 Å². The van der Waals surface area contributed by atoms with Crippen LogP contribution in [0.15, 0.2) is 28.7 Å². The molecule has 1 aromatic rings. The Morgan fingerprint density at radius 1 is 0.950 bits per heavy atom. The van der Waals surface area contributed by atoms with Crippen molar-refractivity contribution in [3.8, 4) is 0 Å². The number of unbranched alkanes of at least 4 members (excludes halogenated alkanes) is 7. The Balaban J connectivity index is 2.01. The SMILES string of the molecule is CCCCCCCCCCSC(=O)c1ccc(Br)cc1. The van der Waals surface area contributed by atoms with Gasteiger partial charge in [0.05, 0.1) is 0 Å². The molecule has 0 saturated heterocycles. The van der Waals surface area contributed by atoms with Gasteiger partial charge in [0.25, 0.3) is 0 Å². The largest absolute Gasteiger partial charge is 0.282 e. The molecule has 0 atom stereocenters. The molecule has 0 bridgehead atoms. The van der Waals surface area contributed by atoms with Crippen LogP contribution in [0.2, 0.25) is 0 Å². The number of carbonyl (C=O) groups excluding carboxylic acids is 1. The van der Waals surface area contributed by atoms with Crippen molar-refractivity contribution in [2.75, 3.05) is 5.75 Å². The standard InChI is InChI=1S/C17H25BrOS/c1-2-3-4-5-6-7-8-9-14-20-17(19)15-10-12-16(18)13-11-15/h10-13H,2-9,14H2,1H3. The third-order valence-corrected chi connectivity index (χ3v) is 4.83. The van der Waals surface area contributed by atoms with Crippen LogP contribution < -0.4 is 0 Å². The van der Waals surface area contributed by atoms with Gasteiger partial charge in [0.1, 0.15) is 0 Å². The number of thioether (sulfide) groups is 1. The van der Waals surface area contributed by atoms with Gasteiger partial charge in [0, 0.05) is 15.8 Å². The molecule has 1 aromatic carbocycles. The first-order valence-corrected chi connectivity index (χ1v) is 9.44. The number of halogens is 1. The van der Waals surface area contributed by atoms with Gasteiger partial charge in [-0.1, -0.05) is 79.6 Å². The fourth-order valence-corrected chi connectivity index (χ4v) is 3.17. The molecular formula is C17H25BrOS. The predicted octanol–water partition coefficient (Wildman–Crippen LogP) is 6.46. The van der Waals surface area contributed by atoms with E-state index in [9.17, 15) is 4.79 Å². The minimum absolute atomic E-state index is 0.195. The van der Waals surface area contributed by atoms with Crippen molar-refractivity contribution < 1.29 is 4.79 Å². The normalized spacial score (nSPS) is 10.7. The van der Waals surface area contributed by atoms with Crippen molar-refractivity contribution in [3.05, 3.63) is 34.3 Å². The highest BCUT2D eigenvalue weighted by atomic mass is 79.9. The molecule has 0 N–H and O–H groups in total. The Morgan fingerprint density at radius 2 is 1.50 bits per heavy atom. The fourth-order valence-electron chi connectivity index (χ4n) is 2.07. The van der Waals surface area contributed by atoms with Crippen molar-refractivity contribution in [2.45, 2.75) is 58.3 Å². The van der Waals surface area contributed by atoms with Crippen LogP contribution in [0.25, 0.3) is 0 Å². The number of benzene rings is 1.